The first-order valence-electron chi connectivity index (χ1n) is 6.59. The summed E-state index contributed by atoms with van der Waals surface area (Å²) in [5.41, 5.74) is 4.55. The first-order chi connectivity index (χ1) is 8.79. The SMILES string of the molecule is Cc1cc(CC(C)(O)c2ccc(C)c(C)c2)n(C)n1. The van der Waals surface area contributed by atoms with E-state index in [0.717, 1.165) is 17.0 Å². The minimum absolute atomic E-state index is 0.562. The molecule has 0 aliphatic rings. The highest BCUT2D eigenvalue weighted by Crippen LogP contribution is 2.27. The highest BCUT2D eigenvalue weighted by Gasteiger charge is 2.25. The van der Waals surface area contributed by atoms with E-state index in [1.807, 2.05) is 37.7 Å². The fourth-order valence-electron chi connectivity index (χ4n) is 2.36. The van der Waals surface area contributed by atoms with Gasteiger partial charge in [0.15, 0.2) is 0 Å². The quantitative estimate of drug-likeness (QED) is 0.919. The third-order valence-electron chi connectivity index (χ3n) is 3.75. The summed E-state index contributed by atoms with van der Waals surface area (Å²) in [6.45, 7) is 7.98. The van der Waals surface area contributed by atoms with Crippen molar-refractivity contribution < 1.29 is 5.11 Å². The topological polar surface area (TPSA) is 38.0 Å². The lowest BCUT2D eigenvalue weighted by molar-refractivity contribution is 0.0555. The van der Waals surface area contributed by atoms with Crippen LogP contribution in [0.1, 0.15) is 35.0 Å². The number of nitrogens with zero attached hydrogens (tertiary/aromatic N) is 2. The first kappa shape index (κ1) is 13.8. The van der Waals surface area contributed by atoms with Crippen LogP contribution in [0.25, 0.3) is 0 Å². The molecule has 3 heteroatoms. The van der Waals surface area contributed by atoms with Gasteiger partial charge >= 0.3 is 0 Å². The van der Waals surface area contributed by atoms with Crippen molar-refractivity contribution in [2.24, 2.45) is 7.05 Å². The van der Waals surface area contributed by atoms with Gasteiger partial charge in [0.05, 0.1) is 11.3 Å². The van der Waals surface area contributed by atoms with E-state index in [9.17, 15) is 5.11 Å². The molecule has 1 aromatic heterocycles. The van der Waals surface area contributed by atoms with Crippen LogP contribution in [0, 0.1) is 20.8 Å². The Balaban J connectivity index is 2.31. The van der Waals surface area contributed by atoms with Gasteiger partial charge in [0.1, 0.15) is 0 Å². The molecule has 1 aromatic carbocycles. The van der Waals surface area contributed by atoms with Crippen molar-refractivity contribution in [2.75, 3.05) is 0 Å². The van der Waals surface area contributed by atoms with Crippen LogP contribution in [0.3, 0.4) is 0 Å². The minimum atomic E-state index is -0.876. The van der Waals surface area contributed by atoms with E-state index in [-0.39, 0.29) is 0 Å². The number of aliphatic hydroxyl groups is 1. The predicted molar refractivity (Wildman–Crippen MR) is 77.1 cm³/mol. The Morgan fingerprint density at radius 1 is 1.16 bits per heavy atom. The van der Waals surface area contributed by atoms with Crippen molar-refractivity contribution in [2.45, 2.75) is 39.7 Å². The summed E-state index contributed by atoms with van der Waals surface area (Å²) in [5, 5.41) is 15.1. The second-order valence-corrected chi connectivity index (χ2v) is 5.65. The zero-order valence-corrected chi connectivity index (χ0v) is 12.4. The molecule has 0 bridgehead atoms. The van der Waals surface area contributed by atoms with Gasteiger partial charge < -0.3 is 5.11 Å². The van der Waals surface area contributed by atoms with Gasteiger partial charge in [0, 0.05) is 19.2 Å². The monoisotopic (exact) mass is 258 g/mol. The van der Waals surface area contributed by atoms with Crippen LogP contribution in [0.4, 0.5) is 0 Å². The molecule has 0 fully saturated rings. The molecule has 0 radical (unpaired) electrons. The second kappa shape index (κ2) is 4.82. The largest absolute Gasteiger partial charge is 0.385 e. The molecular formula is C16H22N2O. The van der Waals surface area contributed by atoms with Crippen LogP contribution in [-0.4, -0.2) is 14.9 Å². The summed E-state index contributed by atoms with van der Waals surface area (Å²) in [5.74, 6) is 0. The molecule has 1 unspecified atom stereocenters. The lowest BCUT2D eigenvalue weighted by Crippen LogP contribution is -2.25. The molecule has 19 heavy (non-hydrogen) atoms. The molecule has 2 aromatic rings. The second-order valence-electron chi connectivity index (χ2n) is 5.65. The molecule has 0 saturated carbocycles. The normalized spacial score (nSPS) is 14.4. The van der Waals surface area contributed by atoms with E-state index >= 15 is 0 Å². The van der Waals surface area contributed by atoms with Crippen molar-refractivity contribution in [3.05, 3.63) is 52.3 Å². The summed E-state index contributed by atoms with van der Waals surface area (Å²) in [4.78, 5) is 0. The molecule has 0 aliphatic heterocycles. The van der Waals surface area contributed by atoms with E-state index in [0.29, 0.717) is 6.42 Å². The van der Waals surface area contributed by atoms with Gasteiger partial charge in [-0.1, -0.05) is 18.2 Å². The van der Waals surface area contributed by atoms with Crippen molar-refractivity contribution >= 4 is 0 Å². The lowest BCUT2D eigenvalue weighted by atomic mass is 9.89. The number of hydrogen-bond acceptors (Lipinski definition) is 2. The molecule has 102 valence electrons. The Hall–Kier alpha value is -1.61. The number of benzene rings is 1. The molecule has 1 N–H and O–H groups in total. The standard InChI is InChI=1S/C16H22N2O/c1-11-6-7-14(8-12(11)2)16(4,19)10-15-9-13(3)17-18(15)5/h6-9,19H,10H2,1-5H3. The number of hydrogen-bond donors (Lipinski definition) is 1. The predicted octanol–water partition coefficient (Wildman–Crippen LogP) is 2.80. The Kier molecular flexibility index (Phi) is 3.50. The van der Waals surface area contributed by atoms with E-state index in [1.54, 1.807) is 0 Å². The van der Waals surface area contributed by atoms with Crippen LogP contribution in [0.15, 0.2) is 24.3 Å². The third-order valence-corrected chi connectivity index (χ3v) is 3.75. The van der Waals surface area contributed by atoms with Gasteiger partial charge in [-0.15, -0.1) is 0 Å². The maximum atomic E-state index is 10.7. The first-order valence-corrected chi connectivity index (χ1v) is 6.59. The fourth-order valence-corrected chi connectivity index (χ4v) is 2.36. The minimum Gasteiger partial charge on any atom is -0.385 e. The molecule has 2 rings (SSSR count). The summed E-state index contributed by atoms with van der Waals surface area (Å²) in [7, 11) is 1.92. The van der Waals surface area contributed by atoms with Crippen molar-refractivity contribution in [1.82, 2.24) is 9.78 Å². The van der Waals surface area contributed by atoms with Crippen molar-refractivity contribution in [1.29, 1.82) is 0 Å². The molecule has 1 atom stereocenters. The number of aromatic nitrogens is 2. The van der Waals surface area contributed by atoms with E-state index < -0.39 is 5.60 Å². The average Bonchev–Trinajstić information content (AvgIpc) is 2.60. The molecule has 3 nitrogen and oxygen atoms in total. The van der Waals surface area contributed by atoms with E-state index in [1.165, 1.54) is 11.1 Å². The van der Waals surface area contributed by atoms with Crippen LogP contribution in [0.2, 0.25) is 0 Å². The highest BCUT2D eigenvalue weighted by molar-refractivity contribution is 5.33. The van der Waals surface area contributed by atoms with Gasteiger partial charge in [-0.05, 0) is 50.5 Å². The number of rotatable bonds is 3. The Bertz CT molecular complexity index is 597. The summed E-state index contributed by atoms with van der Waals surface area (Å²) < 4.78 is 1.84. The van der Waals surface area contributed by atoms with Gasteiger partial charge in [0.25, 0.3) is 0 Å². The van der Waals surface area contributed by atoms with Crippen molar-refractivity contribution in [3.63, 3.8) is 0 Å². The molecule has 0 spiro atoms. The fraction of sp³-hybridized carbons (Fsp3) is 0.438. The van der Waals surface area contributed by atoms with Gasteiger partial charge in [-0.2, -0.15) is 5.10 Å². The van der Waals surface area contributed by atoms with Crippen molar-refractivity contribution in [3.8, 4) is 0 Å². The number of aryl methyl sites for hydroxylation is 4. The summed E-state index contributed by atoms with van der Waals surface area (Å²) >= 11 is 0. The van der Waals surface area contributed by atoms with Gasteiger partial charge in [-0.3, -0.25) is 4.68 Å². The van der Waals surface area contributed by atoms with Gasteiger partial charge in [0.2, 0.25) is 0 Å². The van der Waals surface area contributed by atoms with Crippen LogP contribution < -0.4 is 0 Å². The third kappa shape index (κ3) is 2.87. The summed E-state index contributed by atoms with van der Waals surface area (Å²) in [6, 6.07) is 8.16. The Morgan fingerprint density at radius 3 is 2.37 bits per heavy atom. The highest BCUT2D eigenvalue weighted by atomic mass is 16.3. The maximum absolute atomic E-state index is 10.7. The smallest absolute Gasteiger partial charge is 0.0923 e. The lowest BCUT2D eigenvalue weighted by Gasteiger charge is -2.24. The Labute approximate surface area is 114 Å². The zero-order valence-electron chi connectivity index (χ0n) is 12.4. The van der Waals surface area contributed by atoms with E-state index in [2.05, 4.69) is 31.1 Å². The molecule has 0 saturated heterocycles. The molecule has 1 heterocycles. The van der Waals surface area contributed by atoms with Crippen LogP contribution in [-0.2, 0) is 19.1 Å². The molecule has 0 aliphatic carbocycles. The summed E-state index contributed by atoms with van der Waals surface area (Å²) in [6.07, 6.45) is 0.562. The molecule has 0 amide bonds. The average molecular weight is 258 g/mol. The van der Waals surface area contributed by atoms with Crippen LogP contribution >= 0.6 is 0 Å². The molecular weight excluding hydrogens is 236 g/mol. The zero-order chi connectivity index (χ0) is 14.2. The maximum Gasteiger partial charge on any atom is 0.0923 e. The van der Waals surface area contributed by atoms with Crippen LogP contribution in [0.5, 0.6) is 0 Å². The van der Waals surface area contributed by atoms with Gasteiger partial charge in [-0.25, -0.2) is 0 Å². The Morgan fingerprint density at radius 2 is 1.84 bits per heavy atom. The van der Waals surface area contributed by atoms with E-state index in [4.69, 9.17) is 0 Å².